The number of hydrogen-bond acceptors (Lipinski definition) is 1. The molecule has 0 aliphatic heterocycles. The zero-order valence-corrected chi connectivity index (χ0v) is 11.2. The molecule has 0 saturated carbocycles. The number of hydrogen-bond donors (Lipinski definition) is 0. The van der Waals surface area contributed by atoms with Crippen LogP contribution in [0.2, 0.25) is 0 Å². The summed E-state index contributed by atoms with van der Waals surface area (Å²) in [6, 6.07) is 4.82. The van der Waals surface area contributed by atoms with Gasteiger partial charge in [-0.15, -0.1) is 0 Å². The minimum absolute atomic E-state index is 0.0213. The van der Waals surface area contributed by atoms with Crippen molar-refractivity contribution >= 4 is 21.7 Å². The highest BCUT2D eigenvalue weighted by molar-refractivity contribution is 9.10. The second-order valence-corrected chi connectivity index (χ2v) is 4.98. The van der Waals surface area contributed by atoms with Gasteiger partial charge in [0.1, 0.15) is 11.6 Å². The maximum atomic E-state index is 13.5. The third-order valence-corrected chi connectivity index (χ3v) is 3.14. The topological polar surface area (TPSA) is 17.1 Å². The van der Waals surface area contributed by atoms with Crippen LogP contribution in [0.5, 0.6) is 0 Å². The lowest BCUT2D eigenvalue weighted by molar-refractivity contribution is -0.121. The van der Waals surface area contributed by atoms with E-state index in [4.69, 9.17) is 0 Å². The van der Waals surface area contributed by atoms with E-state index in [1.54, 1.807) is 12.1 Å². The summed E-state index contributed by atoms with van der Waals surface area (Å²) in [6.45, 7) is 3.95. The average Bonchev–Trinajstić information content (AvgIpc) is 2.22. The molecule has 0 amide bonds. The Hall–Kier alpha value is -0.700. The van der Waals surface area contributed by atoms with Gasteiger partial charge in [-0.2, -0.15) is 0 Å². The van der Waals surface area contributed by atoms with E-state index < -0.39 is 0 Å². The summed E-state index contributed by atoms with van der Waals surface area (Å²) in [5.74, 6) is -0.178. The number of rotatable bonds is 5. The predicted molar refractivity (Wildman–Crippen MR) is 66.9 cm³/mol. The van der Waals surface area contributed by atoms with Crippen molar-refractivity contribution in [2.24, 2.45) is 5.92 Å². The molecule has 0 N–H and O–H groups in total. The Morgan fingerprint density at radius 2 is 2.19 bits per heavy atom. The van der Waals surface area contributed by atoms with Crippen LogP contribution in [0, 0.1) is 11.7 Å². The lowest BCUT2D eigenvalue weighted by atomic mass is 9.95. The van der Waals surface area contributed by atoms with E-state index in [0.29, 0.717) is 10.0 Å². The van der Waals surface area contributed by atoms with Crippen molar-refractivity contribution in [1.29, 1.82) is 0 Å². The van der Waals surface area contributed by atoms with Crippen LogP contribution in [0.1, 0.15) is 32.3 Å². The Bertz CT molecular complexity index is 376. The molecule has 3 heteroatoms. The zero-order valence-electron chi connectivity index (χ0n) is 9.59. The van der Waals surface area contributed by atoms with Crippen LogP contribution in [0.25, 0.3) is 0 Å². The van der Waals surface area contributed by atoms with E-state index in [-0.39, 0.29) is 23.9 Å². The molecule has 0 spiro atoms. The number of carbonyl (C=O) groups excluding carboxylic acids is 1. The van der Waals surface area contributed by atoms with Crippen LogP contribution in [0.15, 0.2) is 22.7 Å². The fourth-order valence-electron chi connectivity index (χ4n) is 1.62. The number of halogens is 2. The fourth-order valence-corrected chi connectivity index (χ4v) is 1.95. The summed E-state index contributed by atoms with van der Waals surface area (Å²) in [6.07, 6.45) is 2.05. The molecule has 1 nitrogen and oxygen atoms in total. The number of benzene rings is 1. The van der Waals surface area contributed by atoms with Crippen molar-refractivity contribution in [1.82, 2.24) is 0 Å². The van der Waals surface area contributed by atoms with Crippen LogP contribution < -0.4 is 0 Å². The molecule has 0 saturated heterocycles. The van der Waals surface area contributed by atoms with Crippen molar-refractivity contribution in [2.45, 2.75) is 33.1 Å². The normalized spacial score (nSPS) is 12.5. The van der Waals surface area contributed by atoms with Gasteiger partial charge < -0.3 is 0 Å². The smallest absolute Gasteiger partial charge is 0.140 e. The molecule has 1 unspecified atom stereocenters. The quantitative estimate of drug-likeness (QED) is 0.795. The van der Waals surface area contributed by atoms with Crippen LogP contribution in [0.3, 0.4) is 0 Å². The average molecular weight is 287 g/mol. The molecule has 0 aromatic heterocycles. The highest BCUT2D eigenvalue weighted by atomic mass is 79.9. The molecule has 0 bridgehead atoms. The van der Waals surface area contributed by atoms with Gasteiger partial charge in [-0.05, 0) is 24.1 Å². The Balaban J connectivity index is 2.69. The van der Waals surface area contributed by atoms with E-state index in [1.165, 1.54) is 6.07 Å². The first-order valence-electron chi connectivity index (χ1n) is 5.51. The molecule has 0 fully saturated rings. The van der Waals surface area contributed by atoms with Crippen molar-refractivity contribution in [3.8, 4) is 0 Å². The van der Waals surface area contributed by atoms with Crippen LogP contribution >= 0.6 is 15.9 Å². The van der Waals surface area contributed by atoms with Gasteiger partial charge in [-0.25, -0.2) is 4.39 Å². The van der Waals surface area contributed by atoms with Crippen molar-refractivity contribution in [2.75, 3.05) is 0 Å². The van der Waals surface area contributed by atoms with Gasteiger partial charge in [-0.3, -0.25) is 4.79 Å². The molecule has 0 heterocycles. The second kappa shape index (κ2) is 6.14. The Labute approximate surface area is 104 Å². The van der Waals surface area contributed by atoms with Gasteiger partial charge >= 0.3 is 0 Å². The molecule has 0 aliphatic carbocycles. The first-order chi connectivity index (χ1) is 7.54. The Kier molecular flexibility index (Phi) is 5.13. The standard InChI is InChI=1S/C13H16BrFO/c1-3-4-9(2)13(16)7-10-5-6-11(14)8-12(10)15/h5-6,8-9H,3-4,7H2,1-2H3. The molecule has 1 rings (SSSR count). The third kappa shape index (κ3) is 3.71. The van der Waals surface area contributed by atoms with Gasteiger partial charge in [0.2, 0.25) is 0 Å². The maximum absolute atomic E-state index is 13.5. The lowest BCUT2D eigenvalue weighted by Crippen LogP contribution is -2.14. The third-order valence-electron chi connectivity index (χ3n) is 2.65. The Morgan fingerprint density at radius 3 is 2.75 bits per heavy atom. The highest BCUT2D eigenvalue weighted by Crippen LogP contribution is 2.18. The van der Waals surface area contributed by atoms with E-state index in [0.717, 1.165) is 12.8 Å². The lowest BCUT2D eigenvalue weighted by Gasteiger charge is -2.09. The molecule has 0 radical (unpaired) electrons. The molecule has 1 aromatic rings. The molecular formula is C13H16BrFO. The van der Waals surface area contributed by atoms with Gasteiger partial charge in [0.25, 0.3) is 0 Å². The van der Waals surface area contributed by atoms with Crippen LogP contribution in [-0.4, -0.2) is 5.78 Å². The number of ketones is 1. The Morgan fingerprint density at radius 1 is 1.50 bits per heavy atom. The van der Waals surface area contributed by atoms with Crippen molar-refractivity contribution in [3.63, 3.8) is 0 Å². The monoisotopic (exact) mass is 286 g/mol. The molecule has 16 heavy (non-hydrogen) atoms. The molecular weight excluding hydrogens is 271 g/mol. The summed E-state index contributed by atoms with van der Waals surface area (Å²) >= 11 is 3.19. The van der Waals surface area contributed by atoms with Gasteiger partial charge in [0.15, 0.2) is 0 Å². The molecule has 1 aromatic carbocycles. The summed E-state index contributed by atoms with van der Waals surface area (Å²) in [5.41, 5.74) is 0.483. The molecule has 0 aliphatic rings. The molecule has 1 atom stereocenters. The van der Waals surface area contributed by atoms with Crippen molar-refractivity contribution in [3.05, 3.63) is 34.1 Å². The number of Topliss-reactive ketones (excluding diaryl/α,β-unsaturated/α-hetero) is 1. The second-order valence-electron chi connectivity index (χ2n) is 4.07. The van der Waals surface area contributed by atoms with E-state index >= 15 is 0 Å². The minimum Gasteiger partial charge on any atom is -0.299 e. The van der Waals surface area contributed by atoms with Gasteiger partial charge in [-0.1, -0.05) is 42.3 Å². The molecule has 88 valence electrons. The van der Waals surface area contributed by atoms with Gasteiger partial charge in [0, 0.05) is 16.8 Å². The van der Waals surface area contributed by atoms with Crippen LogP contribution in [-0.2, 0) is 11.2 Å². The minimum atomic E-state index is -0.313. The SMILES string of the molecule is CCCC(C)C(=O)Cc1ccc(Br)cc1F. The summed E-state index contributed by atoms with van der Waals surface area (Å²) < 4.78 is 14.2. The summed E-state index contributed by atoms with van der Waals surface area (Å²) in [5, 5.41) is 0. The first-order valence-corrected chi connectivity index (χ1v) is 6.30. The van der Waals surface area contributed by atoms with Gasteiger partial charge in [0.05, 0.1) is 0 Å². The largest absolute Gasteiger partial charge is 0.299 e. The zero-order chi connectivity index (χ0) is 12.1. The summed E-state index contributed by atoms with van der Waals surface area (Å²) in [7, 11) is 0. The van der Waals surface area contributed by atoms with Crippen LogP contribution in [0.4, 0.5) is 4.39 Å². The summed E-state index contributed by atoms with van der Waals surface area (Å²) in [4.78, 5) is 11.8. The van der Waals surface area contributed by atoms with E-state index in [9.17, 15) is 9.18 Å². The first kappa shape index (κ1) is 13.4. The van der Waals surface area contributed by atoms with Crippen molar-refractivity contribution < 1.29 is 9.18 Å². The number of carbonyl (C=O) groups is 1. The fraction of sp³-hybridized carbons (Fsp3) is 0.462. The predicted octanol–water partition coefficient (Wildman–Crippen LogP) is 4.14. The highest BCUT2D eigenvalue weighted by Gasteiger charge is 2.14. The maximum Gasteiger partial charge on any atom is 0.140 e. The van der Waals surface area contributed by atoms with E-state index in [2.05, 4.69) is 15.9 Å². The van der Waals surface area contributed by atoms with E-state index in [1.807, 2.05) is 13.8 Å².